The topological polar surface area (TPSA) is 72.7 Å². The Morgan fingerprint density at radius 3 is 3.00 bits per heavy atom. The molecule has 0 radical (unpaired) electrons. The van der Waals surface area contributed by atoms with Gasteiger partial charge in [0.15, 0.2) is 0 Å². The summed E-state index contributed by atoms with van der Waals surface area (Å²) in [5, 5.41) is 7.11. The summed E-state index contributed by atoms with van der Waals surface area (Å²) in [7, 11) is 0. The lowest BCUT2D eigenvalue weighted by Crippen LogP contribution is -2.14. The summed E-state index contributed by atoms with van der Waals surface area (Å²) in [5.74, 6) is 0.360. The van der Waals surface area contributed by atoms with Crippen LogP contribution in [0, 0.1) is 0 Å². The predicted octanol–water partition coefficient (Wildman–Crippen LogP) is 2.54. The van der Waals surface area contributed by atoms with Crippen molar-refractivity contribution in [2.75, 3.05) is 5.32 Å². The molecular weight excluding hydrogens is 290 g/mol. The van der Waals surface area contributed by atoms with Crippen molar-refractivity contribution in [3.05, 3.63) is 60.3 Å². The molecule has 3 aromatic rings. The summed E-state index contributed by atoms with van der Waals surface area (Å²) >= 11 is 0. The fourth-order valence-electron chi connectivity index (χ4n) is 2.85. The highest BCUT2D eigenvalue weighted by atomic mass is 16.1. The van der Waals surface area contributed by atoms with Gasteiger partial charge < -0.3 is 5.32 Å². The number of amides is 1. The van der Waals surface area contributed by atoms with Gasteiger partial charge in [-0.1, -0.05) is 6.07 Å². The molecule has 4 heterocycles. The van der Waals surface area contributed by atoms with Gasteiger partial charge in [-0.05, 0) is 36.6 Å². The Kier molecular flexibility index (Phi) is 3.34. The molecule has 0 saturated carbocycles. The van der Waals surface area contributed by atoms with E-state index in [-0.39, 0.29) is 5.91 Å². The van der Waals surface area contributed by atoms with Crippen LogP contribution in [0.25, 0.3) is 11.1 Å². The summed E-state index contributed by atoms with van der Waals surface area (Å²) in [6, 6.07) is 7.59. The highest BCUT2D eigenvalue weighted by molar-refractivity contribution is 6.04. The van der Waals surface area contributed by atoms with Gasteiger partial charge in [0.1, 0.15) is 5.82 Å². The summed E-state index contributed by atoms with van der Waals surface area (Å²) in [4.78, 5) is 20.8. The molecule has 1 amide bonds. The Bertz CT molecular complexity index is 856. The highest BCUT2D eigenvalue weighted by Crippen LogP contribution is 2.22. The number of aromatic nitrogens is 4. The molecular formula is C17H15N5O. The van der Waals surface area contributed by atoms with Gasteiger partial charge in [-0.15, -0.1) is 0 Å². The third-order valence-electron chi connectivity index (χ3n) is 3.97. The largest absolute Gasteiger partial charge is 0.306 e. The lowest BCUT2D eigenvalue weighted by atomic mass is 10.1. The molecule has 0 unspecified atom stereocenters. The zero-order chi connectivity index (χ0) is 15.6. The standard InChI is InChI=1S/C17H15N5O/c23-17(14-11-20-22-8-2-4-15(14)22)21-16-9-12(5-7-19-16)13-3-1-6-18-10-13/h1,3,5-7,9-11H,2,4,8H2,(H,19,21,23). The number of aryl methyl sites for hydroxylation is 1. The van der Waals surface area contributed by atoms with Crippen LogP contribution in [-0.4, -0.2) is 25.7 Å². The number of carbonyl (C=O) groups is 1. The summed E-state index contributed by atoms with van der Waals surface area (Å²) < 4.78 is 1.90. The molecule has 0 saturated heterocycles. The zero-order valence-corrected chi connectivity index (χ0v) is 12.4. The molecule has 23 heavy (non-hydrogen) atoms. The lowest BCUT2D eigenvalue weighted by Gasteiger charge is -2.06. The molecule has 0 fully saturated rings. The Morgan fingerprint density at radius 1 is 1.17 bits per heavy atom. The predicted molar refractivity (Wildman–Crippen MR) is 86.0 cm³/mol. The first kappa shape index (κ1) is 13.6. The molecule has 0 aromatic carbocycles. The smallest absolute Gasteiger partial charge is 0.260 e. The SMILES string of the molecule is O=C(Nc1cc(-c2cccnc2)ccn1)c1cnn2c1CCC2. The van der Waals surface area contributed by atoms with Gasteiger partial charge in [-0.25, -0.2) is 4.98 Å². The number of pyridine rings is 2. The Labute approximate surface area is 133 Å². The van der Waals surface area contributed by atoms with E-state index in [1.165, 1.54) is 0 Å². The molecule has 3 aromatic heterocycles. The van der Waals surface area contributed by atoms with Gasteiger partial charge in [-0.2, -0.15) is 5.10 Å². The molecule has 0 atom stereocenters. The average Bonchev–Trinajstić information content (AvgIpc) is 3.19. The molecule has 1 N–H and O–H groups in total. The molecule has 0 aliphatic carbocycles. The van der Waals surface area contributed by atoms with E-state index in [9.17, 15) is 4.79 Å². The van der Waals surface area contributed by atoms with E-state index in [4.69, 9.17) is 0 Å². The maximum Gasteiger partial charge on any atom is 0.260 e. The molecule has 0 bridgehead atoms. The Hall–Kier alpha value is -3.02. The number of nitrogens with one attached hydrogen (secondary N) is 1. The van der Waals surface area contributed by atoms with Crippen molar-refractivity contribution in [1.29, 1.82) is 0 Å². The van der Waals surface area contributed by atoms with Crippen molar-refractivity contribution >= 4 is 11.7 Å². The molecule has 0 spiro atoms. The van der Waals surface area contributed by atoms with Crippen molar-refractivity contribution in [3.8, 4) is 11.1 Å². The first-order valence-electron chi connectivity index (χ1n) is 7.54. The summed E-state index contributed by atoms with van der Waals surface area (Å²) in [6.45, 7) is 0.886. The van der Waals surface area contributed by atoms with Crippen molar-refractivity contribution < 1.29 is 4.79 Å². The van der Waals surface area contributed by atoms with Crippen molar-refractivity contribution in [2.24, 2.45) is 0 Å². The Morgan fingerprint density at radius 2 is 2.13 bits per heavy atom. The minimum absolute atomic E-state index is 0.163. The van der Waals surface area contributed by atoms with Gasteiger partial charge in [0.25, 0.3) is 5.91 Å². The lowest BCUT2D eigenvalue weighted by molar-refractivity contribution is 0.102. The van der Waals surface area contributed by atoms with Crippen LogP contribution in [0.5, 0.6) is 0 Å². The van der Waals surface area contributed by atoms with Crippen molar-refractivity contribution in [1.82, 2.24) is 19.7 Å². The van der Waals surface area contributed by atoms with E-state index in [0.29, 0.717) is 11.4 Å². The maximum absolute atomic E-state index is 12.5. The van der Waals surface area contributed by atoms with Gasteiger partial charge >= 0.3 is 0 Å². The average molecular weight is 305 g/mol. The van der Waals surface area contributed by atoms with E-state index in [2.05, 4.69) is 20.4 Å². The van der Waals surface area contributed by atoms with Gasteiger partial charge in [-0.3, -0.25) is 14.5 Å². The quantitative estimate of drug-likeness (QED) is 0.807. The molecule has 6 nitrogen and oxygen atoms in total. The van der Waals surface area contributed by atoms with E-state index < -0.39 is 0 Å². The monoisotopic (exact) mass is 305 g/mol. The number of nitrogens with zero attached hydrogens (tertiary/aromatic N) is 4. The number of rotatable bonds is 3. The van der Waals surface area contributed by atoms with Crippen molar-refractivity contribution in [2.45, 2.75) is 19.4 Å². The minimum atomic E-state index is -0.163. The van der Waals surface area contributed by atoms with Crippen LogP contribution in [-0.2, 0) is 13.0 Å². The maximum atomic E-state index is 12.5. The van der Waals surface area contributed by atoms with E-state index in [1.54, 1.807) is 24.8 Å². The normalized spacial score (nSPS) is 12.9. The van der Waals surface area contributed by atoms with Gasteiger partial charge in [0.2, 0.25) is 0 Å². The van der Waals surface area contributed by atoms with Gasteiger partial charge in [0, 0.05) is 30.7 Å². The third kappa shape index (κ3) is 2.59. The second-order valence-electron chi connectivity index (χ2n) is 5.46. The van der Waals surface area contributed by atoms with Crippen molar-refractivity contribution in [3.63, 3.8) is 0 Å². The number of carbonyl (C=O) groups excluding carboxylic acids is 1. The van der Waals surface area contributed by atoms with Crippen LogP contribution in [0.3, 0.4) is 0 Å². The van der Waals surface area contributed by atoms with Crippen LogP contribution in [0.15, 0.2) is 49.1 Å². The van der Waals surface area contributed by atoms with Gasteiger partial charge in [0.05, 0.1) is 17.5 Å². The van der Waals surface area contributed by atoms with E-state index >= 15 is 0 Å². The third-order valence-corrected chi connectivity index (χ3v) is 3.97. The summed E-state index contributed by atoms with van der Waals surface area (Å²) in [6.07, 6.45) is 8.76. The molecule has 114 valence electrons. The number of hydrogen-bond donors (Lipinski definition) is 1. The number of fused-ring (bicyclic) bond motifs is 1. The van der Waals surface area contributed by atoms with E-state index in [0.717, 1.165) is 36.2 Å². The van der Waals surface area contributed by atoms with Crippen LogP contribution in [0.4, 0.5) is 5.82 Å². The minimum Gasteiger partial charge on any atom is -0.306 e. The number of hydrogen-bond acceptors (Lipinski definition) is 4. The van der Waals surface area contributed by atoms with Crippen LogP contribution >= 0.6 is 0 Å². The number of anilines is 1. The Balaban J connectivity index is 1.58. The fraction of sp³-hybridized carbons (Fsp3) is 0.176. The zero-order valence-electron chi connectivity index (χ0n) is 12.4. The first-order chi connectivity index (χ1) is 11.3. The first-order valence-corrected chi connectivity index (χ1v) is 7.54. The second kappa shape index (κ2) is 5.64. The highest BCUT2D eigenvalue weighted by Gasteiger charge is 2.21. The molecule has 1 aliphatic heterocycles. The van der Waals surface area contributed by atoms with Crippen LogP contribution in [0.1, 0.15) is 22.5 Å². The second-order valence-corrected chi connectivity index (χ2v) is 5.46. The van der Waals surface area contributed by atoms with Crippen LogP contribution in [0.2, 0.25) is 0 Å². The summed E-state index contributed by atoms with van der Waals surface area (Å²) in [5.41, 5.74) is 3.59. The molecule has 1 aliphatic rings. The molecule has 4 rings (SSSR count). The molecule has 6 heteroatoms. The fourth-order valence-corrected chi connectivity index (χ4v) is 2.85. The van der Waals surface area contributed by atoms with E-state index in [1.807, 2.05) is 28.9 Å². The van der Waals surface area contributed by atoms with Crippen LogP contribution < -0.4 is 5.32 Å².